The van der Waals surface area contributed by atoms with Gasteiger partial charge in [0, 0.05) is 5.56 Å². The fourth-order valence-corrected chi connectivity index (χ4v) is 2.71. The molecular formula is C17H22O3. The standard InChI is InChI=1S/C17H22O3/c1-4-6-10-17(3)11-15(19)13-8-9-14(18)12(7-5-2)16(13)20-17/h4,8-9,18H,1,5-7,10-11H2,2-3H3. The summed E-state index contributed by atoms with van der Waals surface area (Å²) in [5.41, 5.74) is 0.847. The molecule has 0 fully saturated rings. The molecule has 1 aromatic rings. The molecule has 0 bridgehead atoms. The zero-order chi connectivity index (χ0) is 14.8. The van der Waals surface area contributed by atoms with Gasteiger partial charge in [-0.15, -0.1) is 6.58 Å². The monoisotopic (exact) mass is 274 g/mol. The molecule has 1 atom stereocenters. The van der Waals surface area contributed by atoms with E-state index < -0.39 is 5.60 Å². The van der Waals surface area contributed by atoms with Gasteiger partial charge in [0.25, 0.3) is 0 Å². The minimum absolute atomic E-state index is 0.0927. The topological polar surface area (TPSA) is 46.5 Å². The number of phenolic OH excluding ortho intramolecular Hbond substituents is 1. The predicted molar refractivity (Wildman–Crippen MR) is 79.5 cm³/mol. The number of hydrogen-bond donors (Lipinski definition) is 1. The third kappa shape index (κ3) is 2.72. The summed E-state index contributed by atoms with van der Waals surface area (Å²) < 4.78 is 6.13. The second kappa shape index (κ2) is 5.70. The van der Waals surface area contributed by atoms with E-state index in [-0.39, 0.29) is 11.5 Å². The lowest BCUT2D eigenvalue weighted by atomic mass is 9.86. The van der Waals surface area contributed by atoms with Crippen LogP contribution in [0.2, 0.25) is 0 Å². The van der Waals surface area contributed by atoms with Crippen molar-refractivity contribution in [3.63, 3.8) is 0 Å². The Hall–Kier alpha value is -1.77. The highest BCUT2D eigenvalue weighted by molar-refractivity contribution is 6.01. The van der Waals surface area contributed by atoms with Crippen molar-refractivity contribution in [2.45, 2.75) is 51.6 Å². The summed E-state index contributed by atoms with van der Waals surface area (Å²) in [6, 6.07) is 3.26. The van der Waals surface area contributed by atoms with E-state index in [1.165, 1.54) is 0 Å². The molecule has 1 aromatic carbocycles. The van der Waals surface area contributed by atoms with E-state index >= 15 is 0 Å². The van der Waals surface area contributed by atoms with Gasteiger partial charge in [-0.2, -0.15) is 0 Å². The lowest BCUT2D eigenvalue weighted by Crippen LogP contribution is -2.39. The van der Waals surface area contributed by atoms with E-state index in [2.05, 4.69) is 6.58 Å². The number of hydrogen-bond acceptors (Lipinski definition) is 3. The van der Waals surface area contributed by atoms with Crippen molar-refractivity contribution in [1.29, 1.82) is 0 Å². The molecule has 108 valence electrons. The minimum atomic E-state index is -0.505. The van der Waals surface area contributed by atoms with E-state index in [1.54, 1.807) is 12.1 Å². The molecule has 0 saturated carbocycles. The number of carbonyl (C=O) groups excluding carboxylic acids is 1. The summed E-state index contributed by atoms with van der Waals surface area (Å²) in [6.07, 6.45) is 5.38. The molecule has 0 spiro atoms. The summed E-state index contributed by atoms with van der Waals surface area (Å²) in [7, 11) is 0. The van der Waals surface area contributed by atoms with Crippen molar-refractivity contribution in [3.05, 3.63) is 35.9 Å². The lowest BCUT2D eigenvalue weighted by molar-refractivity contribution is 0.0466. The van der Waals surface area contributed by atoms with E-state index in [9.17, 15) is 9.90 Å². The number of Topliss-reactive ketones (excluding diaryl/α,β-unsaturated/α-hetero) is 1. The van der Waals surface area contributed by atoms with Crippen LogP contribution < -0.4 is 4.74 Å². The number of fused-ring (bicyclic) bond motifs is 1. The first kappa shape index (κ1) is 14.6. The van der Waals surface area contributed by atoms with Gasteiger partial charge in [0.1, 0.15) is 17.1 Å². The third-order valence-corrected chi connectivity index (χ3v) is 3.80. The number of aromatic hydroxyl groups is 1. The van der Waals surface area contributed by atoms with Crippen LogP contribution in [0.25, 0.3) is 0 Å². The number of carbonyl (C=O) groups is 1. The van der Waals surface area contributed by atoms with E-state index in [0.717, 1.165) is 24.8 Å². The third-order valence-electron chi connectivity index (χ3n) is 3.80. The fourth-order valence-electron chi connectivity index (χ4n) is 2.71. The van der Waals surface area contributed by atoms with Gasteiger partial charge in [0.05, 0.1) is 12.0 Å². The van der Waals surface area contributed by atoms with Crippen LogP contribution in [0, 0.1) is 0 Å². The van der Waals surface area contributed by atoms with Gasteiger partial charge < -0.3 is 9.84 Å². The Balaban J connectivity index is 2.43. The maximum absolute atomic E-state index is 12.3. The van der Waals surface area contributed by atoms with Crippen molar-refractivity contribution in [2.24, 2.45) is 0 Å². The van der Waals surface area contributed by atoms with Gasteiger partial charge >= 0.3 is 0 Å². The van der Waals surface area contributed by atoms with Gasteiger partial charge in [-0.3, -0.25) is 4.79 Å². The number of rotatable bonds is 5. The van der Waals surface area contributed by atoms with Gasteiger partial charge in [0.15, 0.2) is 5.78 Å². The van der Waals surface area contributed by atoms with E-state index in [0.29, 0.717) is 24.2 Å². The predicted octanol–water partition coefficient (Wildman–Crippen LogP) is 4.03. The van der Waals surface area contributed by atoms with Crippen LogP contribution >= 0.6 is 0 Å². The summed E-state index contributed by atoms with van der Waals surface area (Å²) in [4.78, 5) is 12.3. The first-order valence-electron chi connectivity index (χ1n) is 7.18. The largest absolute Gasteiger partial charge is 0.508 e. The molecule has 1 aliphatic heterocycles. The Labute approximate surface area is 120 Å². The molecule has 0 radical (unpaired) electrons. The van der Waals surface area contributed by atoms with Gasteiger partial charge in [-0.05, 0) is 38.3 Å². The molecule has 1 unspecified atom stereocenters. The van der Waals surface area contributed by atoms with Crippen LogP contribution in [0.1, 0.15) is 55.5 Å². The molecule has 1 N–H and O–H groups in total. The SMILES string of the molecule is C=CCCC1(C)CC(=O)c2ccc(O)c(CCC)c2O1. The molecule has 0 aliphatic carbocycles. The summed E-state index contributed by atoms with van der Waals surface area (Å²) in [5.74, 6) is 0.885. The summed E-state index contributed by atoms with van der Waals surface area (Å²) in [5, 5.41) is 10.0. The maximum Gasteiger partial charge on any atom is 0.170 e. The maximum atomic E-state index is 12.3. The normalized spacial score (nSPS) is 21.2. The van der Waals surface area contributed by atoms with Crippen LogP contribution in [0.4, 0.5) is 0 Å². The number of ether oxygens (including phenoxy) is 1. The Kier molecular flexibility index (Phi) is 4.17. The zero-order valence-electron chi connectivity index (χ0n) is 12.2. The van der Waals surface area contributed by atoms with Crippen LogP contribution in [-0.4, -0.2) is 16.5 Å². The van der Waals surface area contributed by atoms with Crippen molar-refractivity contribution in [1.82, 2.24) is 0 Å². The first-order valence-corrected chi connectivity index (χ1v) is 7.18. The Morgan fingerprint density at radius 2 is 2.25 bits per heavy atom. The lowest BCUT2D eigenvalue weighted by Gasteiger charge is -2.36. The van der Waals surface area contributed by atoms with Crippen LogP contribution in [0.15, 0.2) is 24.8 Å². The van der Waals surface area contributed by atoms with Crippen molar-refractivity contribution in [3.8, 4) is 11.5 Å². The molecule has 1 aliphatic rings. The summed E-state index contributed by atoms with van der Waals surface area (Å²) in [6.45, 7) is 7.72. The van der Waals surface area contributed by atoms with Crippen molar-refractivity contribution >= 4 is 5.78 Å². The zero-order valence-corrected chi connectivity index (χ0v) is 12.2. The van der Waals surface area contributed by atoms with Gasteiger partial charge in [-0.25, -0.2) is 0 Å². The smallest absolute Gasteiger partial charge is 0.170 e. The summed E-state index contributed by atoms with van der Waals surface area (Å²) >= 11 is 0. The highest BCUT2D eigenvalue weighted by Crippen LogP contribution is 2.41. The molecule has 0 amide bonds. The quantitative estimate of drug-likeness (QED) is 0.824. The molecule has 3 heteroatoms. The fraction of sp³-hybridized carbons (Fsp3) is 0.471. The highest BCUT2D eigenvalue weighted by Gasteiger charge is 2.37. The second-order valence-electron chi connectivity index (χ2n) is 5.67. The second-order valence-corrected chi connectivity index (χ2v) is 5.67. The van der Waals surface area contributed by atoms with Crippen molar-refractivity contribution < 1.29 is 14.6 Å². The number of ketones is 1. The molecular weight excluding hydrogens is 252 g/mol. The molecule has 2 rings (SSSR count). The molecule has 20 heavy (non-hydrogen) atoms. The Bertz CT molecular complexity index is 533. The molecule has 0 saturated heterocycles. The first-order chi connectivity index (χ1) is 9.50. The number of phenols is 1. The molecule has 0 aromatic heterocycles. The van der Waals surface area contributed by atoms with Crippen LogP contribution in [0.3, 0.4) is 0 Å². The molecule has 3 nitrogen and oxygen atoms in total. The number of allylic oxidation sites excluding steroid dienone is 1. The highest BCUT2D eigenvalue weighted by atomic mass is 16.5. The minimum Gasteiger partial charge on any atom is -0.508 e. The van der Waals surface area contributed by atoms with Crippen molar-refractivity contribution in [2.75, 3.05) is 0 Å². The van der Waals surface area contributed by atoms with E-state index in [1.807, 2.05) is 19.9 Å². The average molecular weight is 274 g/mol. The number of benzene rings is 1. The van der Waals surface area contributed by atoms with Gasteiger partial charge in [0.2, 0.25) is 0 Å². The van der Waals surface area contributed by atoms with Gasteiger partial charge in [-0.1, -0.05) is 19.4 Å². The van der Waals surface area contributed by atoms with E-state index in [4.69, 9.17) is 4.74 Å². The average Bonchev–Trinajstić information content (AvgIpc) is 2.40. The van der Waals surface area contributed by atoms with Crippen LogP contribution in [0.5, 0.6) is 11.5 Å². The molecule has 1 heterocycles. The van der Waals surface area contributed by atoms with Crippen LogP contribution in [-0.2, 0) is 6.42 Å². The Morgan fingerprint density at radius 1 is 1.50 bits per heavy atom. The Morgan fingerprint density at radius 3 is 2.90 bits per heavy atom.